The normalized spacial score (nSPS) is 20.4. The predicted molar refractivity (Wildman–Crippen MR) is 161 cm³/mol. The van der Waals surface area contributed by atoms with Crippen molar-refractivity contribution in [1.29, 1.82) is 5.41 Å². The lowest BCUT2D eigenvalue weighted by Gasteiger charge is -2.45. The number of rotatable bonds is 5. The highest BCUT2D eigenvalue weighted by Crippen LogP contribution is 2.53. The lowest BCUT2D eigenvalue weighted by Crippen LogP contribution is -2.45. The highest BCUT2D eigenvalue weighted by molar-refractivity contribution is 6.20. The highest BCUT2D eigenvalue weighted by Gasteiger charge is 2.47. The van der Waals surface area contributed by atoms with Crippen molar-refractivity contribution in [3.63, 3.8) is 0 Å². The fourth-order valence-electron chi connectivity index (χ4n) is 6.14. The largest absolute Gasteiger partial charge is 0.507 e. The van der Waals surface area contributed by atoms with Gasteiger partial charge in [-0.05, 0) is 48.6 Å². The second-order valence-electron chi connectivity index (χ2n) is 11.7. The van der Waals surface area contributed by atoms with Crippen LogP contribution < -0.4 is 23.8 Å². The number of carbonyl (C=O) groups excluding carboxylic acids is 1. The Morgan fingerprint density at radius 3 is 2.43 bits per heavy atom. The van der Waals surface area contributed by atoms with Gasteiger partial charge in [-0.1, -0.05) is 49.7 Å². The minimum absolute atomic E-state index is 0.0301. The Morgan fingerprint density at radius 1 is 0.976 bits per heavy atom. The second kappa shape index (κ2) is 10.3. The van der Waals surface area contributed by atoms with Crippen molar-refractivity contribution in [1.82, 2.24) is 0 Å². The number of ether oxygens (including phenoxy) is 4. The van der Waals surface area contributed by atoms with Crippen LogP contribution in [-0.4, -0.2) is 37.7 Å². The molecule has 0 amide bonds. The van der Waals surface area contributed by atoms with Crippen LogP contribution in [-0.2, 0) is 4.79 Å². The van der Waals surface area contributed by atoms with Crippen molar-refractivity contribution in [3.8, 4) is 23.0 Å². The third-order valence-electron chi connectivity index (χ3n) is 8.16. The molecule has 6 rings (SSSR count). The summed E-state index contributed by atoms with van der Waals surface area (Å²) in [6, 6.07) is 18.4. The fraction of sp³-hybridized carbons (Fsp3) is 0.294. The van der Waals surface area contributed by atoms with Crippen LogP contribution in [0.4, 0.5) is 5.69 Å². The van der Waals surface area contributed by atoms with Gasteiger partial charge in [0, 0.05) is 40.8 Å². The van der Waals surface area contributed by atoms with E-state index in [9.17, 15) is 15.3 Å². The van der Waals surface area contributed by atoms with Crippen LogP contribution >= 0.6 is 0 Å². The number of hydrogen-bond acceptors (Lipinski definition) is 7. The zero-order valence-electron chi connectivity index (χ0n) is 24.4. The minimum atomic E-state index is -0.709. The molecule has 3 aromatic rings. The van der Waals surface area contributed by atoms with E-state index in [1.807, 2.05) is 49.4 Å². The maximum Gasteiger partial charge on any atom is 0.231 e. The number of ketones is 1. The first-order chi connectivity index (χ1) is 20.1. The molecule has 0 unspecified atom stereocenters. The van der Waals surface area contributed by atoms with Crippen LogP contribution in [0.1, 0.15) is 49.3 Å². The van der Waals surface area contributed by atoms with Gasteiger partial charge in [-0.15, -0.1) is 0 Å². The van der Waals surface area contributed by atoms with E-state index in [-0.39, 0.29) is 29.6 Å². The van der Waals surface area contributed by atoms with E-state index < -0.39 is 5.92 Å². The quantitative estimate of drug-likeness (QED) is 0.323. The predicted octanol–water partition coefficient (Wildman–Crippen LogP) is 6.93. The van der Waals surface area contributed by atoms with Gasteiger partial charge in [-0.3, -0.25) is 15.1 Å². The van der Waals surface area contributed by atoms with E-state index in [1.54, 1.807) is 37.3 Å². The van der Waals surface area contributed by atoms with Crippen molar-refractivity contribution < 1.29 is 28.8 Å². The third-order valence-corrected chi connectivity index (χ3v) is 8.16. The molecule has 0 saturated carbocycles. The zero-order valence-corrected chi connectivity index (χ0v) is 24.4. The summed E-state index contributed by atoms with van der Waals surface area (Å²) in [5, 5.41) is 21.7. The van der Waals surface area contributed by atoms with E-state index in [2.05, 4.69) is 13.8 Å². The first-order valence-corrected chi connectivity index (χ1v) is 13.9. The van der Waals surface area contributed by atoms with Gasteiger partial charge in [0.2, 0.25) is 6.79 Å². The molecule has 1 atom stereocenters. The lowest BCUT2D eigenvalue weighted by molar-refractivity contribution is -0.118. The average molecular weight is 567 g/mol. The number of Topliss-reactive ketones (excluding diaryl/α,β-unsaturated/α-hetero) is 1. The van der Waals surface area contributed by atoms with E-state index in [4.69, 9.17) is 18.9 Å². The van der Waals surface area contributed by atoms with E-state index in [0.717, 1.165) is 11.1 Å². The molecule has 3 aliphatic rings. The first-order valence-electron chi connectivity index (χ1n) is 13.9. The molecule has 2 aliphatic heterocycles. The molecule has 0 bridgehead atoms. The summed E-state index contributed by atoms with van der Waals surface area (Å²) in [4.78, 5) is 15.9. The number of aliphatic hydroxyl groups excluding tert-OH is 1. The van der Waals surface area contributed by atoms with Gasteiger partial charge in [0.25, 0.3) is 0 Å². The van der Waals surface area contributed by atoms with E-state index >= 15 is 0 Å². The number of nitrogens with zero attached hydrogens (tertiary/aromatic N) is 1. The Bertz CT molecular complexity index is 1670. The number of aryl methyl sites for hydroxylation is 1. The Balaban J connectivity index is 1.69. The SMILES string of the molecule is COc1ccc(OC)c(N2C(=N)/C(=C(/O)c3ccc(C)cc3)[C@@H](c3ccc4c(c3)OCO4)C3=C2CC(C)(C)CC3=O)c1. The first kappa shape index (κ1) is 27.4. The molecule has 1 aliphatic carbocycles. The molecule has 8 nitrogen and oxygen atoms in total. The minimum Gasteiger partial charge on any atom is -0.507 e. The average Bonchev–Trinajstić information content (AvgIpc) is 3.44. The number of hydrogen-bond donors (Lipinski definition) is 2. The Labute approximate surface area is 245 Å². The fourth-order valence-corrected chi connectivity index (χ4v) is 6.14. The molecule has 0 aromatic heterocycles. The Kier molecular flexibility index (Phi) is 6.72. The summed E-state index contributed by atoms with van der Waals surface area (Å²) < 4.78 is 22.5. The number of fused-ring (bicyclic) bond motifs is 1. The van der Waals surface area contributed by atoms with Gasteiger partial charge < -0.3 is 24.1 Å². The molecule has 0 radical (unpaired) electrons. The van der Waals surface area contributed by atoms with Gasteiger partial charge in [0.15, 0.2) is 17.3 Å². The van der Waals surface area contributed by atoms with Crippen molar-refractivity contribution in [2.45, 2.75) is 39.5 Å². The summed E-state index contributed by atoms with van der Waals surface area (Å²) in [6.07, 6.45) is 0.873. The van der Waals surface area contributed by atoms with Gasteiger partial charge in [0.1, 0.15) is 23.1 Å². The van der Waals surface area contributed by atoms with Crippen LogP contribution in [0, 0.1) is 17.7 Å². The number of carbonyl (C=O) groups is 1. The molecule has 2 heterocycles. The van der Waals surface area contributed by atoms with Crippen LogP contribution in [0.3, 0.4) is 0 Å². The molecule has 42 heavy (non-hydrogen) atoms. The number of aliphatic hydroxyl groups is 1. The number of nitrogens with one attached hydrogen (secondary N) is 1. The zero-order chi connectivity index (χ0) is 29.8. The summed E-state index contributed by atoms with van der Waals surface area (Å²) >= 11 is 0. The maximum atomic E-state index is 14.2. The number of amidine groups is 1. The topological polar surface area (TPSA) is 101 Å². The summed E-state index contributed by atoms with van der Waals surface area (Å²) in [6.45, 7) is 6.21. The van der Waals surface area contributed by atoms with Crippen LogP contribution in [0.5, 0.6) is 23.0 Å². The monoisotopic (exact) mass is 566 g/mol. The summed E-state index contributed by atoms with van der Waals surface area (Å²) in [5.74, 6) is 1.51. The number of methoxy groups -OCH3 is 2. The molecule has 3 aromatic carbocycles. The van der Waals surface area contributed by atoms with Gasteiger partial charge in [0.05, 0.1) is 19.9 Å². The van der Waals surface area contributed by atoms with Crippen molar-refractivity contribution in [2.24, 2.45) is 5.41 Å². The van der Waals surface area contributed by atoms with Crippen LogP contribution in [0.25, 0.3) is 5.76 Å². The van der Waals surface area contributed by atoms with E-state index in [0.29, 0.717) is 63.9 Å². The lowest BCUT2D eigenvalue weighted by atomic mass is 9.67. The van der Waals surface area contributed by atoms with Crippen molar-refractivity contribution in [3.05, 3.63) is 94.2 Å². The van der Waals surface area contributed by atoms with E-state index in [1.165, 1.54) is 0 Å². The Hall–Kier alpha value is -4.72. The Morgan fingerprint density at radius 2 is 1.71 bits per heavy atom. The highest BCUT2D eigenvalue weighted by atomic mass is 16.7. The molecule has 0 saturated heterocycles. The van der Waals surface area contributed by atoms with Gasteiger partial charge in [-0.25, -0.2) is 0 Å². The van der Waals surface area contributed by atoms with Crippen molar-refractivity contribution in [2.75, 3.05) is 25.9 Å². The summed E-state index contributed by atoms with van der Waals surface area (Å²) in [7, 11) is 3.15. The van der Waals surface area contributed by atoms with Crippen molar-refractivity contribution >= 4 is 23.1 Å². The van der Waals surface area contributed by atoms with Crippen LogP contribution in [0.2, 0.25) is 0 Å². The molecule has 2 N–H and O–H groups in total. The van der Waals surface area contributed by atoms with Gasteiger partial charge >= 0.3 is 0 Å². The summed E-state index contributed by atoms with van der Waals surface area (Å²) in [5.41, 5.74) is 4.10. The number of allylic oxidation sites excluding steroid dienone is 2. The van der Waals surface area contributed by atoms with Gasteiger partial charge in [-0.2, -0.15) is 0 Å². The molecule has 216 valence electrons. The van der Waals surface area contributed by atoms with Crippen LogP contribution in [0.15, 0.2) is 77.5 Å². The molecule has 8 heteroatoms. The molecule has 0 fully saturated rings. The standard InChI is InChI=1S/C34H34N2O6/c1-19-6-8-20(9-7-19)32(38)31-29(21-10-12-27-28(14-21)42-18-41-27)30-24(16-34(2,3)17-25(30)37)36(33(31)35)23-15-22(39-4)11-13-26(23)40-5/h6-15,29,35,38H,16-18H2,1-5H3/b32-31+,35-33?/t29-/m0/s1. The molecular formula is C34H34N2O6. The maximum absolute atomic E-state index is 14.2. The third kappa shape index (κ3) is 4.57. The second-order valence-corrected chi connectivity index (χ2v) is 11.7. The molecular weight excluding hydrogens is 532 g/mol. The smallest absolute Gasteiger partial charge is 0.231 e. The molecule has 0 spiro atoms. The number of benzene rings is 3. The number of anilines is 1.